The molecule has 1 aromatic heterocycles. The summed E-state index contributed by atoms with van der Waals surface area (Å²) in [7, 11) is 0. The van der Waals surface area contributed by atoms with Gasteiger partial charge in [-0.25, -0.2) is 0 Å². The highest BCUT2D eigenvalue weighted by Gasteiger charge is 2.38. The van der Waals surface area contributed by atoms with E-state index in [0.717, 1.165) is 38.0 Å². The van der Waals surface area contributed by atoms with Crippen LogP contribution in [0.3, 0.4) is 0 Å². The SMILES string of the molecule is CCCn1cc(C2(O)CCNCC2C)cn1. The molecule has 0 spiro atoms. The Morgan fingerprint density at radius 2 is 2.50 bits per heavy atom. The molecule has 0 amide bonds. The molecule has 1 aliphatic heterocycles. The fourth-order valence-corrected chi connectivity index (χ4v) is 2.38. The zero-order valence-electron chi connectivity index (χ0n) is 10.1. The quantitative estimate of drug-likeness (QED) is 0.807. The first kappa shape index (κ1) is 11.6. The Kier molecular flexibility index (Phi) is 3.30. The van der Waals surface area contributed by atoms with Gasteiger partial charge in [-0.05, 0) is 19.4 Å². The van der Waals surface area contributed by atoms with E-state index in [4.69, 9.17) is 0 Å². The molecule has 4 heteroatoms. The van der Waals surface area contributed by atoms with Crippen LogP contribution in [-0.2, 0) is 12.1 Å². The topological polar surface area (TPSA) is 50.1 Å². The second kappa shape index (κ2) is 4.55. The molecule has 2 unspecified atom stereocenters. The summed E-state index contributed by atoms with van der Waals surface area (Å²) in [4.78, 5) is 0. The van der Waals surface area contributed by atoms with Gasteiger partial charge in [0.2, 0.25) is 0 Å². The van der Waals surface area contributed by atoms with E-state index in [-0.39, 0.29) is 5.92 Å². The molecule has 1 aliphatic rings. The second-order valence-electron chi connectivity index (χ2n) is 4.77. The van der Waals surface area contributed by atoms with Crippen LogP contribution in [0.15, 0.2) is 12.4 Å². The smallest absolute Gasteiger partial charge is 0.0976 e. The largest absolute Gasteiger partial charge is 0.385 e. The van der Waals surface area contributed by atoms with Crippen molar-refractivity contribution in [1.29, 1.82) is 0 Å². The van der Waals surface area contributed by atoms with Crippen molar-refractivity contribution in [1.82, 2.24) is 15.1 Å². The third-order valence-electron chi connectivity index (χ3n) is 3.53. The highest BCUT2D eigenvalue weighted by atomic mass is 16.3. The van der Waals surface area contributed by atoms with Crippen LogP contribution in [0.25, 0.3) is 0 Å². The summed E-state index contributed by atoms with van der Waals surface area (Å²) < 4.78 is 1.92. The van der Waals surface area contributed by atoms with Gasteiger partial charge in [0, 0.05) is 30.8 Å². The number of piperidine rings is 1. The third kappa shape index (κ3) is 1.99. The van der Waals surface area contributed by atoms with Gasteiger partial charge < -0.3 is 10.4 Å². The van der Waals surface area contributed by atoms with Gasteiger partial charge in [0.1, 0.15) is 0 Å². The van der Waals surface area contributed by atoms with Crippen LogP contribution in [0.5, 0.6) is 0 Å². The Labute approximate surface area is 96.7 Å². The van der Waals surface area contributed by atoms with E-state index in [2.05, 4.69) is 24.3 Å². The van der Waals surface area contributed by atoms with E-state index in [0.29, 0.717) is 0 Å². The summed E-state index contributed by atoms with van der Waals surface area (Å²) in [6, 6.07) is 0. The Hall–Kier alpha value is -0.870. The van der Waals surface area contributed by atoms with Crippen molar-refractivity contribution in [2.75, 3.05) is 13.1 Å². The lowest BCUT2D eigenvalue weighted by Gasteiger charge is -2.37. The standard InChI is InChI=1S/C12H21N3O/c1-3-6-15-9-11(8-14-15)12(16)4-5-13-7-10(12)2/h8-10,13,16H,3-7H2,1-2H3. The van der Waals surface area contributed by atoms with Crippen LogP contribution in [0, 0.1) is 5.92 Å². The molecule has 90 valence electrons. The number of aliphatic hydroxyl groups is 1. The molecule has 2 rings (SSSR count). The summed E-state index contributed by atoms with van der Waals surface area (Å²) in [5.74, 6) is 0.237. The van der Waals surface area contributed by atoms with Gasteiger partial charge in [-0.2, -0.15) is 5.10 Å². The molecule has 2 heterocycles. The maximum absolute atomic E-state index is 10.7. The first-order valence-corrected chi connectivity index (χ1v) is 6.13. The predicted molar refractivity (Wildman–Crippen MR) is 63.1 cm³/mol. The van der Waals surface area contributed by atoms with Gasteiger partial charge in [0.15, 0.2) is 0 Å². The van der Waals surface area contributed by atoms with Crippen molar-refractivity contribution < 1.29 is 5.11 Å². The molecule has 0 bridgehead atoms. The van der Waals surface area contributed by atoms with E-state index < -0.39 is 5.60 Å². The normalized spacial score (nSPS) is 30.6. The van der Waals surface area contributed by atoms with Gasteiger partial charge in [-0.3, -0.25) is 4.68 Å². The number of aryl methyl sites for hydroxylation is 1. The van der Waals surface area contributed by atoms with Crippen LogP contribution in [0.4, 0.5) is 0 Å². The Morgan fingerprint density at radius 3 is 3.19 bits per heavy atom. The highest BCUT2D eigenvalue weighted by molar-refractivity contribution is 5.18. The maximum atomic E-state index is 10.7. The summed E-state index contributed by atoms with van der Waals surface area (Å²) in [5, 5.41) is 18.3. The monoisotopic (exact) mass is 223 g/mol. The van der Waals surface area contributed by atoms with Crippen molar-refractivity contribution >= 4 is 0 Å². The van der Waals surface area contributed by atoms with E-state index in [1.165, 1.54) is 0 Å². The van der Waals surface area contributed by atoms with Crippen molar-refractivity contribution in [3.63, 3.8) is 0 Å². The molecule has 0 radical (unpaired) electrons. The van der Waals surface area contributed by atoms with Gasteiger partial charge in [-0.1, -0.05) is 13.8 Å². The molecule has 4 nitrogen and oxygen atoms in total. The molecule has 0 aromatic carbocycles. The zero-order chi connectivity index (χ0) is 11.6. The summed E-state index contributed by atoms with van der Waals surface area (Å²) in [5.41, 5.74) is 0.270. The maximum Gasteiger partial charge on any atom is 0.0976 e. The average molecular weight is 223 g/mol. The molecule has 0 aliphatic carbocycles. The van der Waals surface area contributed by atoms with Crippen LogP contribution >= 0.6 is 0 Å². The summed E-state index contributed by atoms with van der Waals surface area (Å²) >= 11 is 0. The fraction of sp³-hybridized carbons (Fsp3) is 0.750. The van der Waals surface area contributed by atoms with Gasteiger partial charge in [0.25, 0.3) is 0 Å². The molecular weight excluding hydrogens is 202 g/mol. The lowest BCUT2D eigenvalue weighted by Crippen LogP contribution is -2.46. The van der Waals surface area contributed by atoms with Crippen LogP contribution in [0.2, 0.25) is 0 Å². The predicted octanol–water partition coefficient (Wildman–Crippen LogP) is 1.11. The van der Waals surface area contributed by atoms with Gasteiger partial charge >= 0.3 is 0 Å². The van der Waals surface area contributed by atoms with E-state index in [1.807, 2.05) is 17.1 Å². The molecule has 1 fully saturated rings. The lowest BCUT2D eigenvalue weighted by atomic mass is 9.79. The third-order valence-corrected chi connectivity index (χ3v) is 3.53. The van der Waals surface area contributed by atoms with E-state index in [1.54, 1.807) is 0 Å². The number of hydrogen-bond acceptors (Lipinski definition) is 3. The molecule has 2 atom stereocenters. The first-order valence-electron chi connectivity index (χ1n) is 6.13. The first-order chi connectivity index (χ1) is 7.66. The highest BCUT2D eigenvalue weighted by Crippen LogP contribution is 2.34. The minimum absolute atomic E-state index is 0.237. The van der Waals surface area contributed by atoms with Gasteiger partial charge in [-0.15, -0.1) is 0 Å². The van der Waals surface area contributed by atoms with Crippen molar-refractivity contribution in [3.8, 4) is 0 Å². The average Bonchev–Trinajstić information content (AvgIpc) is 2.72. The number of nitrogens with zero attached hydrogens (tertiary/aromatic N) is 2. The number of rotatable bonds is 3. The minimum Gasteiger partial charge on any atom is -0.385 e. The zero-order valence-corrected chi connectivity index (χ0v) is 10.1. The van der Waals surface area contributed by atoms with Crippen molar-refractivity contribution in [2.24, 2.45) is 5.92 Å². The molecule has 0 saturated carbocycles. The van der Waals surface area contributed by atoms with Crippen LogP contribution in [-0.4, -0.2) is 28.0 Å². The molecule has 2 N–H and O–H groups in total. The number of aromatic nitrogens is 2. The van der Waals surface area contributed by atoms with E-state index >= 15 is 0 Å². The minimum atomic E-state index is -0.697. The Balaban J connectivity index is 2.20. The molecular formula is C12H21N3O. The van der Waals surface area contributed by atoms with E-state index in [9.17, 15) is 5.11 Å². The second-order valence-corrected chi connectivity index (χ2v) is 4.77. The fourth-order valence-electron chi connectivity index (χ4n) is 2.38. The van der Waals surface area contributed by atoms with Crippen molar-refractivity contribution in [2.45, 2.75) is 38.8 Å². The summed E-state index contributed by atoms with van der Waals surface area (Å²) in [6.07, 6.45) is 5.64. The number of nitrogens with one attached hydrogen (secondary N) is 1. The Bertz CT molecular complexity index is 350. The van der Waals surface area contributed by atoms with Crippen LogP contribution in [0.1, 0.15) is 32.3 Å². The molecule has 1 aromatic rings. The molecule has 1 saturated heterocycles. The van der Waals surface area contributed by atoms with Crippen molar-refractivity contribution in [3.05, 3.63) is 18.0 Å². The lowest BCUT2D eigenvalue weighted by molar-refractivity contribution is -0.0392. The van der Waals surface area contributed by atoms with Gasteiger partial charge in [0.05, 0.1) is 11.8 Å². The summed E-state index contributed by atoms with van der Waals surface area (Å²) in [6.45, 7) is 6.88. The number of hydrogen-bond donors (Lipinski definition) is 2. The van der Waals surface area contributed by atoms with Crippen LogP contribution < -0.4 is 5.32 Å². The Morgan fingerprint density at radius 1 is 1.69 bits per heavy atom. The molecule has 16 heavy (non-hydrogen) atoms.